The molecule has 0 amide bonds. The standard InChI is InChI=1S/C33H41F2N3O2S/c1-21(2)32(33(39)40)37(3)28-17-25(29(18-28)24-5-4-6-27(35)16-24)20-38-13-11-23(12-14-38)30-19-36-31(41-30)15-22-7-9-26(34)10-8-22/h4-10,16,19,21,23,25,28-29,32H,11-15,17-18,20H2,1-3H3,(H,39,40)/t25?,28?,29?,32-/m1/s1. The monoisotopic (exact) mass is 581 g/mol. The Labute approximate surface area is 246 Å². The van der Waals surface area contributed by atoms with Gasteiger partial charge in [-0.15, -0.1) is 11.3 Å². The molecule has 4 atom stereocenters. The maximum absolute atomic E-state index is 14.2. The third kappa shape index (κ3) is 7.22. The quantitative estimate of drug-likeness (QED) is 0.286. The van der Waals surface area contributed by atoms with Crippen LogP contribution in [0.1, 0.15) is 72.4 Å². The fourth-order valence-electron chi connectivity index (χ4n) is 7.04. The lowest BCUT2D eigenvalue weighted by Crippen LogP contribution is -2.47. The smallest absolute Gasteiger partial charge is 0.321 e. The second-order valence-electron chi connectivity index (χ2n) is 12.3. The molecule has 1 aromatic heterocycles. The maximum atomic E-state index is 14.2. The van der Waals surface area contributed by atoms with Crippen LogP contribution in [0, 0.1) is 23.5 Å². The van der Waals surface area contributed by atoms with E-state index in [-0.39, 0.29) is 29.5 Å². The molecular weight excluding hydrogens is 540 g/mol. The molecule has 5 rings (SSSR count). The highest BCUT2D eigenvalue weighted by molar-refractivity contribution is 7.11. The highest BCUT2D eigenvalue weighted by Crippen LogP contribution is 2.44. The van der Waals surface area contributed by atoms with Crippen LogP contribution in [0.2, 0.25) is 0 Å². The van der Waals surface area contributed by atoms with Gasteiger partial charge in [0.05, 0.1) is 5.01 Å². The van der Waals surface area contributed by atoms with Crippen molar-refractivity contribution in [1.29, 1.82) is 0 Å². The van der Waals surface area contributed by atoms with Gasteiger partial charge in [0.2, 0.25) is 0 Å². The zero-order valence-electron chi connectivity index (χ0n) is 24.2. The average molecular weight is 582 g/mol. The Morgan fingerprint density at radius 3 is 2.49 bits per heavy atom. The average Bonchev–Trinajstić information content (AvgIpc) is 3.57. The van der Waals surface area contributed by atoms with Crippen LogP contribution in [0.3, 0.4) is 0 Å². The molecule has 1 aliphatic heterocycles. The van der Waals surface area contributed by atoms with Gasteiger partial charge < -0.3 is 10.0 Å². The van der Waals surface area contributed by atoms with E-state index in [0.29, 0.717) is 11.8 Å². The minimum atomic E-state index is -0.779. The molecule has 3 aromatic rings. The van der Waals surface area contributed by atoms with E-state index in [1.165, 1.54) is 23.1 Å². The summed E-state index contributed by atoms with van der Waals surface area (Å²) >= 11 is 1.77. The van der Waals surface area contributed by atoms with Crippen molar-refractivity contribution in [1.82, 2.24) is 14.8 Å². The van der Waals surface area contributed by atoms with Gasteiger partial charge in [0.1, 0.15) is 17.7 Å². The van der Waals surface area contributed by atoms with Crippen molar-refractivity contribution in [2.75, 3.05) is 26.7 Å². The molecular formula is C33H41F2N3O2S. The minimum absolute atomic E-state index is 0.00569. The first kappa shape index (κ1) is 29.8. The van der Waals surface area contributed by atoms with Crippen LogP contribution in [-0.4, -0.2) is 64.6 Å². The van der Waals surface area contributed by atoms with E-state index in [1.54, 1.807) is 23.5 Å². The van der Waals surface area contributed by atoms with Crippen LogP contribution in [0.4, 0.5) is 8.78 Å². The lowest BCUT2D eigenvalue weighted by molar-refractivity contribution is -0.145. The largest absolute Gasteiger partial charge is 0.480 e. The Hall–Kier alpha value is -2.68. The Morgan fingerprint density at radius 1 is 1.10 bits per heavy atom. The Balaban J connectivity index is 1.22. The molecule has 0 bridgehead atoms. The highest BCUT2D eigenvalue weighted by atomic mass is 32.1. The molecule has 1 aliphatic carbocycles. The molecule has 41 heavy (non-hydrogen) atoms. The molecule has 2 fully saturated rings. The number of thiazole rings is 1. The number of hydrogen-bond donors (Lipinski definition) is 1. The maximum Gasteiger partial charge on any atom is 0.321 e. The van der Waals surface area contributed by atoms with Crippen LogP contribution in [-0.2, 0) is 11.2 Å². The number of aromatic nitrogens is 1. The van der Waals surface area contributed by atoms with E-state index in [4.69, 9.17) is 0 Å². The van der Waals surface area contributed by atoms with Crippen molar-refractivity contribution in [2.24, 2.45) is 11.8 Å². The number of carbonyl (C=O) groups is 1. The zero-order valence-corrected chi connectivity index (χ0v) is 25.0. The Kier molecular flexibility index (Phi) is 9.52. The fourth-order valence-corrected chi connectivity index (χ4v) is 8.16. The number of aliphatic carboxylic acids is 1. The number of carboxylic acid groups (broad SMARTS) is 1. The van der Waals surface area contributed by atoms with Crippen molar-refractivity contribution in [3.8, 4) is 0 Å². The van der Waals surface area contributed by atoms with Gasteiger partial charge in [-0.2, -0.15) is 0 Å². The zero-order chi connectivity index (χ0) is 29.1. The molecule has 0 radical (unpaired) electrons. The van der Waals surface area contributed by atoms with Crippen molar-refractivity contribution in [3.63, 3.8) is 0 Å². The summed E-state index contributed by atoms with van der Waals surface area (Å²) in [5.41, 5.74) is 2.09. The molecule has 2 aliphatic rings. The second kappa shape index (κ2) is 13.1. The van der Waals surface area contributed by atoms with E-state index < -0.39 is 12.0 Å². The predicted molar refractivity (Wildman–Crippen MR) is 159 cm³/mol. The summed E-state index contributed by atoms with van der Waals surface area (Å²) in [6, 6.07) is 13.2. The molecule has 2 aromatic carbocycles. The molecule has 8 heteroatoms. The lowest BCUT2D eigenvalue weighted by atomic mass is 9.87. The second-order valence-corrected chi connectivity index (χ2v) is 13.4. The van der Waals surface area contributed by atoms with E-state index >= 15 is 0 Å². The van der Waals surface area contributed by atoms with E-state index in [1.807, 2.05) is 45.3 Å². The van der Waals surface area contributed by atoms with Crippen LogP contribution in [0.15, 0.2) is 54.7 Å². The number of rotatable bonds is 10. The number of hydrogen-bond acceptors (Lipinski definition) is 5. The fraction of sp³-hybridized carbons (Fsp3) is 0.515. The first-order valence-corrected chi connectivity index (χ1v) is 15.6. The van der Waals surface area contributed by atoms with Crippen molar-refractivity contribution in [3.05, 3.63) is 87.4 Å². The third-order valence-electron chi connectivity index (χ3n) is 9.17. The third-order valence-corrected chi connectivity index (χ3v) is 10.3. The van der Waals surface area contributed by atoms with Gasteiger partial charge >= 0.3 is 5.97 Å². The number of likely N-dealkylation sites (N-methyl/N-ethyl adjacent to an activating group) is 1. The summed E-state index contributed by atoms with van der Waals surface area (Å²) in [6.07, 6.45) is 6.66. The summed E-state index contributed by atoms with van der Waals surface area (Å²) < 4.78 is 27.5. The summed E-state index contributed by atoms with van der Waals surface area (Å²) in [5.74, 6) is -0.170. The van der Waals surface area contributed by atoms with Crippen molar-refractivity contribution in [2.45, 2.75) is 69.9 Å². The Bertz CT molecular complexity index is 1310. The van der Waals surface area contributed by atoms with E-state index in [9.17, 15) is 18.7 Å². The van der Waals surface area contributed by atoms with Crippen molar-refractivity contribution >= 4 is 17.3 Å². The van der Waals surface area contributed by atoms with Crippen LogP contribution >= 0.6 is 11.3 Å². The number of nitrogens with zero attached hydrogens (tertiary/aromatic N) is 3. The number of carboxylic acids is 1. The molecule has 1 saturated heterocycles. The summed E-state index contributed by atoms with van der Waals surface area (Å²) in [5, 5.41) is 11.0. The topological polar surface area (TPSA) is 56.7 Å². The van der Waals surface area contributed by atoms with Gasteiger partial charge in [0.15, 0.2) is 0 Å². The van der Waals surface area contributed by atoms with Gasteiger partial charge in [-0.3, -0.25) is 9.69 Å². The first-order valence-electron chi connectivity index (χ1n) is 14.8. The summed E-state index contributed by atoms with van der Waals surface area (Å²) in [6.45, 7) is 6.88. The Morgan fingerprint density at radius 2 is 1.83 bits per heavy atom. The molecule has 1 N–H and O–H groups in total. The van der Waals surface area contributed by atoms with E-state index in [0.717, 1.165) is 67.9 Å². The highest BCUT2D eigenvalue weighted by Gasteiger charge is 2.41. The van der Waals surface area contributed by atoms with Gasteiger partial charge in [-0.25, -0.2) is 13.8 Å². The predicted octanol–water partition coefficient (Wildman–Crippen LogP) is 6.79. The normalized spacial score (nSPS) is 23.0. The molecule has 3 unspecified atom stereocenters. The number of piperidine rings is 1. The first-order chi connectivity index (χ1) is 19.7. The number of halogens is 2. The molecule has 1 saturated carbocycles. The van der Waals surface area contributed by atoms with Crippen LogP contribution < -0.4 is 0 Å². The molecule has 220 valence electrons. The molecule has 2 heterocycles. The lowest BCUT2D eigenvalue weighted by Gasteiger charge is -2.35. The van der Waals surface area contributed by atoms with Gasteiger partial charge in [0.25, 0.3) is 0 Å². The SMILES string of the molecule is CC(C)[C@H](C(=O)O)N(C)C1CC(CN2CCC(c3cnc(Cc4ccc(F)cc4)s3)CC2)C(c2cccc(F)c2)C1. The summed E-state index contributed by atoms with van der Waals surface area (Å²) in [4.78, 5) is 22.7. The van der Waals surface area contributed by atoms with Crippen LogP contribution in [0.25, 0.3) is 0 Å². The van der Waals surface area contributed by atoms with Crippen molar-refractivity contribution < 1.29 is 18.7 Å². The number of benzene rings is 2. The van der Waals surface area contributed by atoms with Gasteiger partial charge in [0, 0.05) is 30.1 Å². The van der Waals surface area contributed by atoms with E-state index in [2.05, 4.69) is 14.8 Å². The minimum Gasteiger partial charge on any atom is -0.480 e. The molecule has 0 spiro atoms. The molecule has 5 nitrogen and oxygen atoms in total. The summed E-state index contributed by atoms with van der Waals surface area (Å²) in [7, 11) is 1.94. The van der Waals surface area contributed by atoms with Gasteiger partial charge in [-0.05, 0) is 105 Å². The van der Waals surface area contributed by atoms with Crippen LogP contribution in [0.5, 0.6) is 0 Å². The van der Waals surface area contributed by atoms with Gasteiger partial charge in [-0.1, -0.05) is 38.1 Å². The number of likely N-dealkylation sites (tertiary alicyclic amines) is 1.